The van der Waals surface area contributed by atoms with Crippen LogP contribution in [-0.4, -0.2) is 13.6 Å². The first-order chi connectivity index (χ1) is 9.83. The first kappa shape index (κ1) is 13.7. The first-order valence-electron chi connectivity index (χ1n) is 7.40. The number of fused-ring (bicyclic) bond motifs is 1. The first-order valence-corrected chi connectivity index (χ1v) is 8.27. The van der Waals surface area contributed by atoms with Gasteiger partial charge in [-0.1, -0.05) is 25.1 Å². The van der Waals surface area contributed by atoms with E-state index in [1.165, 1.54) is 23.2 Å². The summed E-state index contributed by atoms with van der Waals surface area (Å²) in [5, 5.41) is 5.66. The summed E-state index contributed by atoms with van der Waals surface area (Å²) in [7, 11) is 2.05. The van der Waals surface area contributed by atoms with Gasteiger partial charge in [0.2, 0.25) is 0 Å². The van der Waals surface area contributed by atoms with Gasteiger partial charge in [0.05, 0.1) is 0 Å². The van der Waals surface area contributed by atoms with Crippen LogP contribution in [-0.2, 0) is 13.0 Å². The monoisotopic (exact) mass is 286 g/mol. The lowest BCUT2D eigenvalue weighted by Gasteiger charge is -2.32. The van der Waals surface area contributed by atoms with E-state index in [1.807, 2.05) is 11.3 Å². The van der Waals surface area contributed by atoms with Crippen molar-refractivity contribution < 1.29 is 0 Å². The van der Waals surface area contributed by atoms with E-state index in [9.17, 15) is 0 Å². The summed E-state index contributed by atoms with van der Waals surface area (Å²) in [6.45, 7) is 4.42. The standard InChI is InChI=1S/C17H22N2S/c1-3-15(18-2)14-6-4-5-7-16(14)19-10-8-17-13(12-19)9-11-20-17/h4-7,9,11,15,18H,3,8,10,12H2,1-2H3. The number of anilines is 1. The van der Waals surface area contributed by atoms with Crippen LogP contribution in [0.15, 0.2) is 35.7 Å². The maximum Gasteiger partial charge on any atom is 0.0440 e. The van der Waals surface area contributed by atoms with Gasteiger partial charge in [-0.15, -0.1) is 11.3 Å². The molecule has 0 saturated heterocycles. The number of benzene rings is 1. The molecular weight excluding hydrogens is 264 g/mol. The van der Waals surface area contributed by atoms with Crippen LogP contribution in [0.3, 0.4) is 0 Å². The Bertz CT molecular complexity index is 572. The van der Waals surface area contributed by atoms with E-state index in [0.717, 1.165) is 19.5 Å². The van der Waals surface area contributed by atoms with Crippen molar-refractivity contribution in [3.8, 4) is 0 Å². The van der Waals surface area contributed by atoms with Crippen LogP contribution in [0, 0.1) is 0 Å². The highest BCUT2D eigenvalue weighted by Gasteiger charge is 2.21. The van der Waals surface area contributed by atoms with E-state index in [1.54, 1.807) is 4.88 Å². The van der Waals surface area contributed by atoms with E-state index in [2.05, 4.69) is 59.9 Å². The molecule has 0 spiro atoms. The minimum atomic E-state index is 0.440. The Morgan fingerprint density at radius 1 is 1.30 bits per heavy atom. The van der Waals surface area contributed by atoms with Gasteiger partial charge in [0.1, 0.15) is 0 Å². The molecule has 1 aliphatic heterocycles. The number of nitrogens with one attached hydrogen (secondary N) is 1. The van der Waals surface area contributed by atoms with Crippen LogP contribution < -0.4 is 10.2 Å². The third kappa shape index (κ3) is 2.48. The Balaban J connectivity index is 1.91. The van der Waals surface area contributed by atoms with Crippen molar-refractivity contribution in [2.45, 2.75) is 32.4 Å². The van der Waals surface area contributed by atoms with E-state index in [-0.39, 0.29) is 0 Å². The quantitative estimate of drug-likeness (QED) is 0.914. The summed E-state index contributed by atoms with van der Waals surface area (Å²) in [5.74, 6) is 0. The summed E-state index contributed by atoms with van der Waals surface area (Å²) >= 11 is 1.90. The summed E-state index contributed by atoms with van der Waals surface area (Å²) in [4.78, 5) is 4.10. The van der Waals surface area contributed by atoms with Gasteiger partial charge < -0.3 is 10.2 Å². The van der Waals surface area contributed by atoms with E-state index >= 15 is 0 Å². The predicted octanol–water partition coefficient (Wildman–Crippen LogP) is 3.98. The zero-order chi connectivity index (χ0) is 13.9. The molecule has 1 aromatic heterocycles. The number of thiophene rings is 1. The second kappa shape index (κ2) is 5.98. The minimum Gasteiger partial charge on any atom is -0.367 e. The van der Waals surface area contributed by atoms with Gasteiger partial charge in [-0.25, -0.2) is 0 Å². The van der Waals surface area contributed by atoms with Gasteiger partial charge >= 0.3 is 0 Å². The van der Waals surface area contributed by atoms with Crippen LogP contribution >= 0.6 is 11.3 Å². The molecule has 0 fully saturated rings. The number of hydrogen-bond acceptors (Lipinski definition) is 3. The van der Waals surface area contributed by atoms with Crippen molar-refractivity contribution in [1.29, 1.82) is 0 Å². The molecule has 20 heavy (non-hydrogen) atoms. The van der Waals surface area contributed by atoms with Crippen molar-refractivity contribution in [3.05, 3.63) is 51.7 Å². The van der Waals surface area contributed by atoms with Crippen LogP contribution in [0.4, 0.5) is 5.69 Å². The molecule has 106 valence electrons. The number of nitrogens with zero attached hydrogens (tertiary/aromatic N) is 1. The molecule has 1 atom stereocenters. The largest absolute Gasteiger partial charge is 0.367 e. The molecule has 1 aromatic carbocycles. The predicted molar refractivity (Wildman–Crippen MR) is 87.6 cm³/mol. The molecule has 0 saturated carbocycles. The number of hydrogen-bond donors (Lipinski definition) is 1. The van der Waals surface area contributed by atoms with Crippen molar-refractivity contribution in [3.63, 3.8) is 0 Å². The highest BCUT2D eigenvalue weighted by atomic mass is 32.1. The fourth-order valence-corrected chi connectivity index (χ4v) is 3.99. The molecule has 0 amide bonds. The summed E-state index contributed by atoms with van der Waals surface area (Å²) in [5.41, 5.74) is 4.33. The normalized spacial score (nSPS) is 16.0. The molecule has 2 nitrogen and oxygen atoms in total. The molecule has 2 heterocycles. The third-order valence-electron chi connectivity index (χ3n) is 4.22. The number of rotatable bonds is 4. The van der Waals surface area contributed by atoms with Crippen molar-refractivity contribution >= 4 is 17.0 Å². The number of para-hydroxylation sites is 1. The highest BCUT2D eigenvalue weighted by molar-refractivity contribution is 7.10. The van der Waals surface area contributed by atoms with E-state index < -0.39 is 0 Å². The third-order valence-corrected chi connectivity index (χ3v) is 5.24. The molecule has 0 radical (unpaired) electrons. The van der Waals surface area contributed by atoms with Gasteiger partial charge in [-0.2, -0.15) is 0 Å². The van der Waals surface area contributed by atoms with Gasteiger partial charge in [0, 0.05) is 29.7 Å². The van der Waals surface area contributed by atoms with Gasteiger partial charge in [-0.05, 0) is 48.5 Å². The van der Waals surface area contributed by atoms with E-state index in [0.29, 0.717) is 6.04 Å². The molecule has 1 N–H and O–H groups in total. The van der Waals surface area contributed by atoms with Crippen LogP contribution in [0.2, 0.25) is 0 Å². The second-order valence-electron chi connectivity index (χ2n) is 5.35. The second-order valence-corrected chi connectivity index (χ2v) is 6.35. The van der Waals surface area contributed by atoms with Crippen molar-refractivity contribution in [1.82, 2.24) is 5.32 Å². The zero-order valence-electron chi connectivity index (χ0n) is 12.2. The Kier molecular flexibility index (Phi) is 4.08. The smallest absolute Gasteiger partial charge is 0.0440 e. The van der Waals surface area contributed by atoms with Crippen LogP contribution in [0.25, 0.3) is 0 Å². The Hall–Kier alpha value is -1.32. The zero-order valence-corrected chi connectivity index (χ0v) is 13.0. The summed E-state index contributed by atoms with van der Waals surface area (Å²) < 4.78 is 0. The fourth-order valence-electron chi connectivity index (χ4n) is 3.10. The fraction of sp³-hybridized carbons (Fsp3) is 0.412. The van der Waals surface area contributed by atoms with Crippen molar-refractivity contribution in [2.24, 2.45) is 0 Å². The molecule has 0 aliphatic carbocycles. The summed E-state index contributed by atoms with van der Waals surface area (Å²) in [6.07, 6.45) is 2.29. The molecule has 1 aliphatic rings. The van der Waals surface area contributed by atoms with Gasteiger partial charge in [0.15, 0.2) is 0 Å². The van der Waals surface area contributed by atoms with Crippen molar-refractivity contribution in [2.75, 3.05) is 18.5 Å². The average molecular weight is 286 g/mol. The lowest BCUT2D eigenvalue weighted by Crippen LogP contribution is -2.31. The van der Waals surface area contributed by atoms with Gasteiger partial charge in [0.25, 0.3) is 0 Å². The lowest BCUT2D eigenvalue weighted by atomic mass is 10.00. The van der Waals surface area contributed by atoms with Crippen LogP contribution in [0.5, 0.6) is 0 Å². The highest BCUT2D eigenvalue weighted by Crippen LogP contribution is 2.33. The molecular formula is C17H22N2S. The summed E-state index contributed by atoms with van der Waals surface area (Å²) in [6, 6.07) is 11.6. The van der Waals surface area contributed by atoms with Gasteiger partial charge in [-0.3, -0.25) is 0 Å². The molecule has 3 heteroatoms. The maximum absolute atomic E-state index is 3.44. The average Bonchev–Trinajstić information content (AvgIpc) is 2.96. The maximum atomic E-state index is 3.44. The molecule has 3 rings (SSSR count). The Morgan fingerprint density at radius 2 is 2.15 bits per heavy atom. The topological polar surface area (TPSA) is 15.3 Å². The lowest BCUT2D eigenvalue weighted by molar-refractivity contribution is 0.573. The van der Waals surface area contributed by atoms with Crippen LogP contribution in [0.1, 0.15) is 35.4 Å². The molecule has 2 aromatic rings. The molecule has 0 bridgehead atoms. The Morgan fingerprint density at radius 3 is 2.95 bits per heavy atom. The minimum absolute atomic E-state index is 0.440. The molecule has 1 unspecified atom stereocenters. The van der Waals surface area contributed by atoms with E-state index in [4.69, 9.17) is 0 Å². The SMILES string of the molecule is CCC(NC)c1ccccc1N1CCc2sccc2C1. The Labute approximate surface area is 125 Å².